The highest BCUT2D eigenvalue weighted by Gasteiger charge is 2.43. The third-order valence-corrected chi connectivity index (χ3v) is 3.80. The molecule has 2 rings (SSSR count). The number of carbonyl (C=O) groups is 1. The second kappa shape index (κ2) is 4.53. The quantitative estimate of drug-likeness (QED) is 0.669. The molecule has 0 bridgehead atoms. The normalized spacial score (nSPS) is 22.5. The van der Waals surface area contributed by atoms with Gasteiger partial charge in [-0.05, 0) is 32.8 Å². The predicted octanol–water partition coefficient (Wildman–Crippen LogP) is 2.35. The molecule has 1 unspecified atom stereocenters. The lowest BCUT2D eigenvalue weighted by Gasteiger charge is -2.33. The minimum absolute atomic E-state index is 0.0251. The third kappa shape index (κ3) is 2.14. The molecule has 1 aromatic carbocycles. The Bertz CT molecular complexity index is 543. The summed E-state index contributed by atoms with van der Waals surface area (Å²) in [6.07, 6.45) is 1.31. The molecule has 0 aromatic heterocycles. The minimum Gasteiger partial charge on any atom is -0.480 e. The minimum atomic E-state index is -0.983. The molecule has 1 saturated heterocycles. The average Bonchev–Trinajstić information content (AvgIpc) is 2.73. The van der Waals surface area contributed by atoms with Crippen LogP contribution < -0.4 is 4.90 Å². The van der Waals surface area contributed by atoms with Gasteiger partial charge >= 0.3 is 5.97 Å². The summed E-state index contributed by atoms with van der Waals surface area (Å²) in [5.74, 6) is -0.895. The lowest BCUT2D eigenvalue weighted by atomic mass is 9.98. The maximum atomic E-state index is 11.4. The fourth-order valence-corrected chi connectivity index (χ4v) is 2.56. The second-order valence-corrected chi connectivity index (χ2v) is 5.06. The molecule has 19 heavy (non-hydrogen) atoms. The summed E-state index contributed by atoms with van der Waals surface area (Å²) in [5.41, 5.74) is 0.213. The first-order chi connectivity index (χ1) is 8.86. The Morgan fingerprint density at radius 1 is 1.53 bits per heavy atom. The van der Waals surface area contributed by atoms with Gasteiger partial charge in [-0.15, -0.1) is 0 Å². The molecule has 1 heterocycles. The number of nitrogens with zero attached hydrogens (tertiary/aromatic N) is 2. The number of aliphatic carboxylic acids is 1. The number of hydrogen-bond donors (Lipinski definition) is 1. The van der Waals surface area contributed by atoms with Gasteiger partial charge in [-0.25, -0.2) is 4.79 Å². The van der Waals surface area contributed by atoms with Crippen molar-refractivity contribution in [1.29, 1.82) is 0 Å². The van der Waals surface area contributed by atoms with Crippen molar-refractivity contribution < 1.29 is 14.8 Å². The van der Waals surface area contributed by atoms with Gasteiger partial charge in [0, 0.05) is 23.9 Å². The zero-order valence-electron chi connectivity index (χ0n) is 10.9. The number of nitro groups is 1. The molecule has 1 aliphatic rings. The monoisotopic (exact) mass is 264 g/mol. The standard InChI is InChI=1S/C13H16N2O4/c1-9-4-5-10(8-11(9)15(18)19)14-7-3-6-13(14,2)12(16)17/h4-5,8H,3,6-7H2,1-2H3,(H,16,17). The average molecular weight is 264 g/mol. The Kier molecular flexibility index (Phi) is 3.18. The van der Waals surface area contributed by atoms with Crippen LogP contribution in [-0.2, 0) is 4.79 Å². The molecule has 0 aliphatic carbocycles. The Balaban J connectivity index is 2.45. The van der Waals surface area contributed by atoms with Crippen LogP contribution in [0.1, 0.15) is 25.3 Å². The molecule has 1 N–H and O–H groups in total. The molecule has 0 spiro atoms. The smallest absolute Gasteiger partial charge is 0.329 e. The zero-order chi connectivity index (χ0) is 14.2. The van der Waals surface area contributed by atoms with Crippen molar-refractivity contribution in [2.45, 2.75) is 32.2 Å². The van der Waals surface area contributed by atoms with Crippen LogP contribution in [-0.4, -0.2) is 28.1 Å². The summed E-state index contributed by atoms with van der Waals surface area (Å²) in [4.78, 5) is 23.7. The van der Waals surface area contributed by atoms with Crippen LogP contribution in [0, 0.1) is 17.0 Å². The molecule has 0 saturated carbocycles. The molecule has 1 fully saturated rings. The van der Waals surface area contributed by atoms with Gasteiger partial charge in [-0.1, -0.05) is 6.07 Å². The first kappa shape index (κ1) is 13.3. The van der Waals surface area contributed by atoms with Crippen molar-refractivity contribution in [2.24, 2.45) is 0 Å². The number of hydrogen-bond acceptors (Lipinski definition) is 4. The summed E-state index contributed by atoms with van der Waals surface area (Å²) < 4.78 is 0. The van der Waals surface area contributed by atoms with Gasteiger partial charge in [0.1, 0.15) is 5.54 Å². The molecule has 102 valence electrons. The molecule has 0 radical (unpaired) electrons. The summed E-state index contributed by atoms with van der Waals surface area (Å²) in [7, 11) is 0. The molecular weight excluding hydrogens is 248 g/mol. The van der Waals surface area contributed by atoms with Crippen LogP contribution in [0.15, 0.2) is 18.2 Å². The fraction of sp³-hybridized carbons (Fsp3) is 0.462. The van der Waals surface area contributed by atoms with E-state index in [1.165, 1.54) is 6.07 Å². The Labute approximate surface area is 110 Å². The second-order valence-electron chi connectivity index (χ2n) is 5.06. The van der Waals surface area contributed by atoms with Crippen molar-refractivity contribution in [3.63, 3.8) is 0 Å². The largest absolute Gasteiger partial charge is 0.480 e. The van der Waals surface area contributed by atoms with E-state index in [-0.39, 0.29) is 5.69 Å². The number of nitro benzene ring substituents is 1. The molecule has 1 aromatic rings. The highest BCUT2D eigenvalue weighted by atomic mass is 16.6. The number of carboxylic acid groups (broad SMARTS) is 1. The molecule has 1 atom stereocenters. The third-order valence-electron chi connectivity index (χ3n) is 3.80. The molecule has 6 nitrogen and oxygen atoms in total. The van der Waals surface area contributed by atoms with E-state index in [1.807, 2.05) is 0 Å². The number of rotatable bonds is 3. The van der Waals surface area contributed by atoms with E-state index < -0.39 is 16.4 Å². The Hall–Kier alpha value is -2.11. The summed E-state index contributed by atoms with van der Waals surface area (Å²) in [6, 6.07) is 4.87. The molecule has 6 heteroatoms. The van der Waals surface area contributed by atoms with Crippen LogP contribution >= 0.6 is 0 Å². The van der Waals surface area contributed by atoms with Gasteiger partial charge in [0.05, 0.1) is 4.92 Å². The summed E-state index contributed by atoms with van der Waals surface area (Å²) in [5, 5.41) is 20.3. The number of anilines is 1. The Morgan fingerprint density at radius 3 is 2.79 bits per heavy atom. The van der Waals surface area contributed by atoms with Crippen molar-refractivity contribution in [2.75, 3.05) is 11.4 Å². The topological polar surface area (TPSA) is 83.7 Å². The first-order valence-electron chi connectivity index (χ1n) is 6.12. The predicted molar refractivity (Wildman–Crippen MR) is 70.5 cm³/mol. The summed E-state index contributed by atoms with van der Waals surface area (Å²) in [6.45, 7) is 3.93. The van der Waals surface area contributed by atoms with Gasteiger partial charge in [0.25, 0.3) is 5.69 Å². The SMILES string of the molecule is Cc1ccc(N2CCCC2(C)C(=O)O)cc1[N+](=O)[O-]. The van der Waals surface area contributed by atoms with Gasteiger partial charge < -0.3 is 10.0 Å². The van der Waals surface area contributed by atoms with Gasteiger partial charge in [-0.2, -0.15) is 0 Å². The van der Waals surface area contributed by atoms with E-state index in [0.717, 1.165) is 6.42 Å². The van der Waals surface area contributed by atoms with Crippen LogP contribution in [0.25, 0.3) is 0 Å². The first-order valence-corrected chi connectivity index (χ1v) is 6.12. The lowest BCUT2D eigenvalue weighted by Crippen LogP contribution is -2.48. The fourth-order valence-electron chi connectivity index (χ4n) is 2.56. The molecule has 1 aliphatic heterocycles. The van der Waals surface area contributed by atoms with E-state index >= 15 is 0 Å². The van der Waals surface area contributed by atoms with E-state index in [9.17, 15) is 20.0 Å². The molecule has 0 amide bonds. The highest BCUT2D eigenvalue weighted by Crippen LogP contribution is 2.36. The zero-order valence-corrected chi connectivity index (χ0v) is 10.9. The van der Waals surface area contributed by atoms with Crippen molar-refractivity contribution >= 4 is 17.3 Å². The van der Waals surface area contributed by atoms with Gasteiger partial charge in [-0.3, -0.25) is 10.1 Å². The van der Waals surface area contributed by atoms with Crippen LogP contribution in [0.5, 0.6) is 0 Å². The van der Waals surface area contributed by atoms with Crippen molar-refractivity contribution in [1.82, 2.24) is 0 Å². The van der Waals surface area contributed by atoms with E-state index in [4.69, 9.17) is 0 Å². The van der Waals surface area contributed by atoms with E-state index in [0.29, 0.717) is 24.2 Å². The number of carboxylic acids is 1. The van der Waals surface area contributed by atoms with Crippen molar-refractivity contribution in [3.05, 3.63) is 33.9 Å². The van der Waals surface area contributed by atoms with Crippen LogP contribution in [0.4, 0.5) is 11.4 Å². The number of aryl methyl sites for hydroxylation is 1. The maximum absolute atomic E-state index is 11.4. The van der Waals surface area contributed by atoms with E-state index in [2.05, 4.69) is 0 Å². The van der Waals surface area contributed by atoms with Gasteiger partial charge in [0.2, 0.25) is 0 Å². The lowest BCUT2D eigenvalue weighted by molar-refractivity contribution is -0.385. The van der Waals surface area contributed by atoms with E-state index in [1.54, 1.807) is 30.9 Å². The summed E-state index contributed by atoms with van der Waals surface area (Å²) >= 11 is 0. The van der Waals surface area contributed by atoms with Crippen LogP contribution in [0.2, 0.25) is 0 Å². The van der Waals surface area contributed by atoms with Gasteiger partial charge in [0.15, 0.2) is 0 Å². The maximum Gasteiger partial charge on any atom is 0.329 e. The highest BCUT2D eigenvalue weighted by molar-refractivity contribution is 5.84. The number of benzene rings is 1. The van der Waals surface area contributed by atoms with Crippen molar-refractivity contribution in [3.8, 4) is 0 Å². The van der Waals surface area contributed by atoms with Crippen LogP contribution in [0.3, 0.4) is 0 Å². The molecular formula is C13H16N2O4. The Morgan fingerprint density at radius 2 is 2.21 bits per heavy atom.